The van der Waals surface area contributed by atoms with Crippen molar-refractivity contribution in [1.29, 1.82) is 0 Å². The van der Waals surface area contributed by atoms with Crippen LogP contribution in [0.25, 0.3) is 0 Å². The molecule has 2 aromatic rings. The Morgan fingerprint density at radius 1 is 1.00 bits per heavy atom. The van der Waals surface area contributed by atoms with Crippen LogP contribution < -0.4 is 5.32 Å². The third kappa shape index (κ3) is 6.72. The highest BCUT2D eigenvalue weighted by Gasteiger charge is 2.29. The molecule has 2 rings (SSSR count). The molecule has 0 fully saturated rings. The molecule has 0 aliphatic carbocycles. The van der Waals surface area contributed by atoms with Gasteiger partial charge in [-0.15, -0.1) is 0 Å². The fourth-order valence-corrected chi connectivity index (χ4v) is 3.76. The molecule has 4 nitrogen and oxygen atoms in total. The topological polar surface area (TPSA) is 49.4 Å². The van der Waals surface area contributed by atoms with Crippen molar-refractivity contribution in [3.8, 4) is 0 Å². The summed E-state index contributed by atoms with van der Waals surface area (Å²) in [5.41, 5.74) is 5.47. The standard InChI is InChI=1S/C26H36N2O2/c1-7-24(26(30)27-16-18(2)3)28(17-23-11-9-8-10-21(23)6)25(29)15-22-13-19(4)12-20(5)14-22/h8-14,18,24H,7,15-17H2,1-6H3,(H,27,30)/t24-/m1/s1. The lowest BCUT2D eigenvalue weighted by Crippen LogP contribution is -2.50. The van der Waals surface area contributed by atoms with Crippen molar-refractivity contribution in [1.82, 2.24) is 10.2 Å². The molecule has 0 saturated carbocycles. The smallest absolute Gasteiger partial charge is 0.242 e. The van der Waals surface area contributed by atoms with Crippen LogP contribution in [-0.4, -0.2) is 29.3 Å². The van der Waals surface area contributed by atoms with Gasteiger partial charge in [-0.25, -0.2) is 0 Å². The molecule has 30 heavy (non-hydrogen) atoms. The Labute approximate surface area is 181 Å². The van der Waals surface area contributed by atoms with Gasteiger partial charge in [-0.05, 0) is 49.8 Å². The molecule has 162 valence electrons. The second kappa shape index (κ2) is 11.0. The van der Waals surface area contributed by atoms with E-state index < -0.39 is 6.04 Å². The molecule has 0 aromatic heterocycles. The van der Waals surface area contributed by atoms with Gasteiger partial charge in [0.2, 0.25) is 11.8 Å². The second-order valence-corrected chi connectivity index (χ2v) is 8.68. The molecule has 0 saturated heterocycles. The first-order valence-corrected chi connectivity index (χ1v) is 10.9. The lowest BCUT2D eigenvalue weighted by molar-refractivity contribution is -0.141. The van der Waals surface area contributed by atoms with Crippen LogP contribution in [0.1, 0.15) is 55.0 Å². The maximum absolute atomic E-state index is 13.4. The van der Waals surface area contributed by atoms with Gasteiger partial charge in [0.25, 0.3) is 0 Å². The van der Waals surface area contributed by atoms with Gasteiger partial charge in [-0.2, -0.15) is 0 Å². The summed E-state index contributed by atoms with van der Waals surface area (Å²) >= 11 is 0. The Hall–Kier alpha value is -2.62. The van der Waals surface area contributed by atoms with E-state index in [1.165, 1.54) is 0 Å². The zero-order valence-corrected chi connectivity index (χ0v) is 19.3. The number of carbonyl (C=O) groups is 2. The van der Waals surface area contributed by atoms with E-state index in [1.807, 2.05) is 52.0 Å². The predicted octanol–water partition coefficient (Wildman–Crippen LogP) is 4.73. The minimum atomic E-state index is -0.484. The van der Waals surface area contributed by atoms with Crippen LogP contribution in [0, 0.1) is 26.7 Å². The summed E-state index contributed by atoms with van der Waals surface area (Å²) in [5, 5.41) is 3.02. The molecule has 0 heterocycles. The number of amides is 2. The Morgan fingerprint density at radius 3 is 2.20 bits per heavy atom. The number of nitrogens with one attached hydrogen (secondary N) is 1. The second-order valence-electron chi connectivity index (χ2n) is 8.68. The summed E-state index contributed by atoms with van der Waals surface area (Å²) in [6, 6.07) is 13.8. The Balaban J connectivity index is 2.32. The van der Waals surface area contributed by atoms with Crippen molar-refractivity contribution < 1.29 is 9.59 Å². The van der Waals surface area contributed by atoms with Gasteiger partial charge in [0.05, 0.1) is 6.42 Å². The van der Waals surface area contributed by atoms with E-state index >= 15 is 0 Å². The highest BCUT2D eigenvalue weighted by atomic mass is 16.2. The summed E-state index contributed by atoms with van der Waals surface area (Å²) in [4.78, 5) is 28.2. The average molecular weight is 409 g/mol. The monoisotopic (exact) mass is 408 g/mol. The zero-order valence-electron chi connectivity index (χ0n) is 19.3. The van der Waals surface area contributed by atoms with Crippen molar-refractivity contribution >= 4 is 11.8 Å². The number of hydrogen-bond acceptors (Lipinski definition) is 2. The highest BCUT2D eigenvalue weighted by Crippen LogP contribution is 2.18. The molecule has 4 heteroatoms. The molecule has 0 aliphatic rings. The maximum Gasteiger partial charge on any atom is 0.242 e. The van der Waals surface area contributed by atoms with E-state index in [4.69, 9.17) is 0 Å². The number of rotatable bonds is 9. The number of nitrogens with zero attached hydrogens (tertiary/aromatic N) is 1. The van der Waals surface area contributed by atoms with E-state index in [-0.39, 0.29) is 11.8 Å². The van der Waals surface area contributed by atoms with Crippen molar-refractivity contribution in [2.45, 2.75) is 67.0 Å². The van der Waals surface area contributed by atoms with Crippen molar-refractivity contribution in [2.24, 2.45) is 5.92 Å². The fourth-order valence-electron chi connectivity index (χ4n) is 3.76. The first-order valence-electron chi connectivity index (χ1n) is 10.9. The minimum Gasteiger partial charge on any atom is -0.354 e. The summed E-state index contributed by atoms with van der Waals surface area (Å²) in [7, 11) is 0. The molecule has 0 bridgehead atoms. The number of carbonyl (C=O) groups excluding carboxylic acids is 2. The van der Waals surface area contributed by atoms with Crippen LogP contribution in [0.2, 0.25) is 0 Å². The van der Waals surface area contributed by atoms with Crippen LogP contribution in [-0.2, 0) is 22.6 Å². The van der Waals surface area contributed by atoms with Crippen molar-refractivity contribution in [2.75, 3.05) is 6.54 Å². The Bertz CT molecular complexity index is 853. The minimum absolute atomic E-state index is 0.0187. The normalized spacial score (nSPS) is 12.0. The van der Waals surface area contributed by atoms with Gasteiger partial charge in [-0.1, -0.05) is 74.4 Å². The van der Waals surface area contributed by atoms with Crippen LogP contribution in [0.15, 0.2) is 42.5 Å². The predicted molar refractivity (Wildman–Crippen MR) is 123 cm³/mol. The van der Waals surface area contributed by atoms with E-state index in [1.54, 1.807) is 4.90 Å². The average Bonchev–Trinajstić information content (AvgIpc) is 2.66. The number of aryl methyl sites for hydroxylation is 3. The molecule has 2 aromatic carbocycles. The Morgan fingerprint density at radius 2 is 1.63 bits per heavy atom. The molecule has 2 amide bonds. The van der Waals surface area contributed by atoms with Gasteiger partial charge < -0.3 is 10.2 Å². The van der Waals surface area contributed by atoms with Crippen LogP contribution >= 0.6 is 0 Å². The fraction of sp³-hybridized carbons (Fsp3) is 0.462. The summed E-state index contributed by atoms with van der Waals surface area (Å²) in [6.45, 7) is 13.3. The molecule has 0 spiro atoms. The van der Waals surface area contributed by atoms with E-state index in [0.717, 1.165) is 27.8 Å². The molecule has 1 N–H and O–H groups in total. The largest absolute Gasteiger partial charge is 0.354 e. The lowest BCUT2D eigenvalue weighted by atomic mass is 10.0. The molecule has 1 atom stereocenters. The maximum atomic E-state index is 13.4. The van der Waals surface area contributed by atoms with E-state index in [0.29, 0.717) is 31.8 Å². The zero-order chi connectivity index (χ0) is 22.3. The van der Waals surface area contributed by atoms with Gasteiger partial charge in [0.1, 0.15) is 6.04 Å². The van der Waals surface area contributed by atoms with Gasteiger partial charge in [-0.3, -0.25) is 9.59 Å². The quantitative estimate of drug-likeness (QED) is 0.652. The highest BCUT2D eigenvalue weighted by molar-refractivity contribution is 5.88. The van der Waals surface area contributed by atoms with Crippen molar-refractivity contribution in [3.05, 3.63) is 70.3 Å². The van der Waals surface area contributed by atoms with Crippen LogP contribution in [0.4, 0.5) is 0 Å². The Kier molecular flexibility index (Phi) is 8.64. The molecule has 0 radical (unpaired) electrons. The molecule has 0 unspecified atom stereocenters. The summed E-state index contributed by atoms with van der Waals surface area (Å²) in [6.07, 6.45) is 0.872. The van der Waals surface area contributed by atoms with Crippen molar-refractivity contribution in [3.63, 3.8) is 0 Å². The number of benzene rings is 2. The third-order valence-corrected chi connectivity index (χ3v) is 5.31. The first-order chi connectivity index (χ1) is 14.2. The van der Waals surface area contributed by atoms with Crippen LogP contribution in [0.3, 0.4) is 0 Å². The summed E-state index contributed by atoms with van der Waals surface area (Å²) < 4.78 is 0. The van der Waals surface area contributed by atoms with Gasteiger partial charge in [0.15, 0.2) is 0 Å². The molecular formula is C26H36N2O2. The SMILES string of the molecule is CC[C@H](C(=O)NCC(C)C)N(Cc1ccccc1C)C(=O)Cc1cc(C)cc(C)c1. The van der Waals surface area contributed by atoms with Gasteiger partial charge in [0, 0.05) is 13.1 Å². The molecular weight excluding hydrogens is 372 g/mol. The van der Waals surface area contributed by atoms with E-state index in [9.17, 15) is 9.59 Å². The lowest BCUT2D eigenvalue weighted by Gasteiger charge is -2.31. The first kappa shape index (κ1) is 23.7. The van der Waals surface area contributed by atoms with Gasteiger partial charge >= 0.3 is 0 Å². The molecule has 0 aliphatic heterocycles. The van der Waals surface area contributed by atoms with E-state index in [2.05, 4.69) is 37.4 Å². The summed E-state index contributed by atoms with van der Waals surface area (Å²) in [5.74, 6) is 0.269. The number of hydrogen-bond donors (Lipinski definition) is 1. The van der Waals surface area contributed by atoms with Crippen LogP contribution in [0.5, 0.6) is 0 Å². The third-order valence-electron chi connectivity index (χ3n) is 5.31.